The maximum absolute atomic E-state index is 11.4. The zero-order valence-electron chi connectivity index (χ0n) is 17.0. The number of para-hydroxylation sites is 1. The van der Waals surface area contributed by atoms with Crippen molar-refractivity contribution >= 4 is 5.97 Å². The van der Waals surface area contributed by atoms with Gasteiger partial charge in [0.1, 0.15) is 5.75 Å². The number of aryl methyl sites for hydroxylation is 1. The molecule has 0 saturated carbocycles. The van der Waals surface area contributed by atoms with Crippen molar-refractivity contribution in [3.63, 3.8) is 0 Å². The second kappa shape index (κ2) is 12.7. The van der Waals surface area contributed by atoms with Gasteiger partial charge >= 0.3 is 5.97 Å². The molecule has 150 valence electrons. The second-order valence-corrected chi connectivity index (χ2v) is 7.60. The van der Waals surface area contributed by atoms with Gasteiger partial charge in [0.15, 0.2) is 0 Å². The molecule has 27 heavy (non-hydrogen) atoms. The number of carbonyl (C=O) groups is 1. The van der Waals surface area contributed by atoms with Crippen LogP contribution in [0.25, 0.3) is 0 Å². The van der Waals surface area contributed by atoms with E-state index < -0.39 is 5.97 Å². The van der Waals surface area contributed by atoms with Gasteiger partial charge in [0, 0.05) is 6.08 Å². The molecule has 1 fully saturated rings. The maximum Gasteiger partial charge on any atom is 0.335 e. The highest BCUT2D eigenvalue weighted by molar-refractivity contribution is 5.83. The molecule has 2 unspecified atom stereocenters. The summed E-state index contributed by atoms with van der Waals surface area (Å²) in [6.45, 7) is 5.72. The average molecular weight is 373 g/mol. The number of benzene rings is 1. The monoisotopic (exact) mass is 372 g/mol. The van der Waals surface area contributed by atoms with E-state index in [9.17, 15) is 4.79 Å². The molecule has 0 amide bonds. The van der Waals surface area contributed by atoms with E-state index in [2.05, 4.69) is 13.5 Å². The first-order valence-electron chi connectivity index (χ1n) is 10.8. The van der Waals surface area contributed by atoms with Crippen molar-refractivity contribution in [2.75, 3.05) is 0 Å². The van der Waals surface area contributed by atoms with Crippen LogP contribution in [0, 0.1) is 0 Å². The molecule has 0 bridgehead atoms. The number of hydrogen-bond donors (Lipinski definition) is 0. The van der Waals surface area contributed by atoms with Crippen LogP contribution in [-0.2, 0) is 16.0 Å². The van der Waals surface area contributed by atoms with Crippen LogP contribution in [0.1, 0.15) is 83.1 Å². The molecule has 1 aliphatic rings. The number of ether oxygens (including phenoxy) is 2. The number of esters is 1. The largest absolute Gasteiger partial charge is 0.423 e. The van der Waals surface area contributed by atoms with Crippen molar-refractivity contribution in [2.45, 2.75) is 96.2 Å². The van der Waals surface area contributed by atoms with Crippen molar-refractivity contribution in [1.29, 1.82) is 0 Å². The van der Waals surface area contributed by atoms with E-state index in [-0.39, 0.29) is 0 Å². The summed E-state index contributed by atoms with van der Waals surface area (Å²) in [7, 11) is 0. The van der Waals surface area contributed by atoms with Gasteiger partial charge < -0.3 is 9.47 Å². The fraction of sp³-hybridized carbons (Fsp3) is 0.625. The highest BCUT2D eigenvalue weighted by Crippen LogP contribution is 2.32. The molecular formula is C24H36O3. The van der Waals surface area contributed by atoms with E-state index in [0.29, 0.717) is 18.0 Å². The van der Waals surface area contributed by atoms with Gasteiger partial charge in [-0.15, -0.1) is 0 Å². The van der Waals surface area contributed by atoms with Crippen molar-refractivity contribution in [3.05, 3.63) is 42.5 Å². The van der Waals surface area contributed by atoms with Crippen LogP contribution in [0.5, 0.6) is 5.75 Å². The molecule has 1 aromatic rings. The Labute approximate surface area is 165 Å². The van der Waals surface area contributed by atoms with Crippen LogP contribution < -0.4 is 4.74 Å². The molecule has 3 heteroatoms. The van der Waals surface area contributed by atoms with E-state index in [4.69, 9.17) is 9.47 Å². The summed E-state index contributed by atoms with van der Waals surface area (Å²) in [5, 5.41) is 0. The Morgan fingerprint density at radius 2 is 1.63 bits per heavy atom. The average Bonchev–Trinajstić information content (AvgIpc) is 3.44. The van der Waals surface area contributed by atoms with E-state index >= 15 is 0 Å². The van der Waals surface area contributed by atoms with Crippen LogP contribution in [-0.4, -0.2) is 18.2 Å². The van der Waals surface area contributed by atoms with Crippen LogP contribution >= 0.6 is 0 Å². The van der Waals surface area contributed by atoms with Crippen molar-refractivity contribution in [1.82, 2.24) is 0 Å². The van der Waals surface area contributed by atoms with Crippen LogP contribution in [0.15, 0.2) is 36.9 Å². The summed E-state index contributed by atoms with van der Waals surface area (Å²) in [6, 6.07) is 7.72. The highest BCUT2D eigenvalue weighted by atomic mass is 16.6. The lowest BCUT2D eigenvalue weighted by molar-refractivity contribution is -0.129. The predicted octanol–water partition coefficient (Wildman–Crippen LogP) is 6.40. The Balaban J connectivity index is 1.53. The Bertz CT molecular complexity index is 566. The van der Waals surface area contributed by atoms with Crippen LogP contribution in [0.4, 0.5) is 0 Å². The highest BCUT2D eigenvalue weighted by Gasteiger charge is 2.37. The number of carbonyl (C=O) groups excluding carboxylic acids is 1. The molecule has 2 atom stereocenters. The predicted molar refractivity (Wildman–Crippen MR) is 111 cm³/mol. The fourth-order valence-electron chi connectivity index (χ4n) is 3.60. The van der Waals surface area contributed by atoms with Gasteiger partial charge in [-0.25, -0.2) is 4.79 Å². The van der Waals surface area contributed by atoms with E-state index in [1.165, 1.54) is 70.3 Å². The molecule has 0 spiro atoms. The molecular weight excluding hydrogens is 336 g/mol. The lowest BCUT2D eigenvalue weighted by atomic mass is 10.0. The topological polar surface area (TPSA) is 38.8 Å². The standard InChI is InChI=1S/C24H36O3/c1-3-5-6-7-8-9-10-11-12-17-22-23(26-22)19-18-20-15-13-14-16-21(20)27-24(25)4-2/h4,13-16,22-23H,2-3,5-12,17-19H2,1H3. The second-order valence-electron chi connectivity index (χ2n) is 7.60. The zero-order valence-corrected chi connectivity index (χ0v) is 17.0. The zero-order chi connectivity index (χ0) is 19.3. The molecule has 1 heterocycles. The van der Waals surface area contributed by atoms with Crippen molar-refractivity contribution in [2.24, 2.45) is 0 Å². The van der Waals surface area contributed by atoms with Crippen molar-refractivity contribution in [3.8, 4) is 5.75 Å². The summed E-state index contributed by atoms with van der Waals surface area (Å²) in [6.07, 6.45) is 17.4. The minimum Gasteiger partial charge on any atom is -0.423 e. The van der Waals surface area contributed by atoms with Gasteiger partial charge in [-0.05, 0) is 30.9 Å². The van der Waals surface area contributed by atoms with E-state index in [1.54, 1.807) is 0 Å². The fourth-order valence-corrected chi connectivity index (χ4v) is 3.60. The van der Waals surface area contributed by atoms with Crippen LogP contribution in [0.2, 0.25) is 0 Å². The SMILES string of the molecule is C=CC(=O)Oc1ccccc1CCC1OC1CCCCCCCCCCC. The van der Waals surface area contributed by atoms with Gasteiger partial charge in [0.2, 0.25) is 0 Å². The molecule has 1 aliphatic heterocycles. The minimum atomic E-state index is -0.409. The number of hydrogen-bond acceptors (Lipinski definition) is 3. The molecule has 1 aromatic carbocycles. The molecule has 0 N–H and O–H groups in total. The first kappa shape index (κ1) is 21.7. The normalized spacial score (nSPS) is 18.3. The maximum atomic E-state index is 11.4. The van der Waals surface area contributed by atoms with Gasteiger partial charge in [0.25, 0.3) is 0 Å². The summed E-state index contributed by atoms with van der Waals surface area (Å²) >= 11 is 0. The Morgan fingerprint density at radius 3 is 2.33 bits per heavy atom. The summed E-state index contributed by atoms with van der Waals surface area (Å²) < 4.78 is 11.1. The lowest BCUT2D eigenvalue weighted by Crippen LogP contribution is -2.06. The third-order valence-corrected chi connectivity index (χ3v) is 5.33. The smallest absolute Gasteiger partial charge is 0.335 e. The van der Waals surface area contributed by atoms with Crippen molar-refractivity contribution < 1.29 is 14.3 Å². The first-order valence-corrected chi connectivity index (χ1v) is 10.8. The van der Waals surface area contributed by atoms with Gasteiger partial charge in [-0.2, -0.15) is 0 Å². The molecule has 0 aromatic heterocycles. The van der Waals surface area contributed by atoms with E-state index in [0.717, 1.165) is 18.4 Å². The van der Waals surface area contributed by atoms with Gasteiger partial charge in [-0.1, -0.05) is 89.5 Å². The Morgan fingerprint density at radius 1 is 1.00 bits per heavy atom. The van der Waals surface area contributed by atoms with E-state index in [1.807, 2.05) is 24.3 Å². The molecule has 2 rings (SSSR count). The summed E-state index contributed by atoms with van der Waals surface area (Å²) in [5.74, 6) is 0.229. The number of unbranched alkanes of at least 4 members (excludes halogenated alkanes) is 8. The molecule has 1 saturated heterocycles. The minimum absolute atomic E-state index is 0.377. The Kier molecular flexibility index (Phi) is 10.2. The first-order chi connectivity index (χ1) is 13.2. The third kappa shape index (κ3) is 8.75. The quantitative estimate of drug-likeness (QED) is 0.118. The third-order valence-electron chi connectivity index (χ3n) is 5.33. The summed E-state index contributed by atoms with van der Waals surface area (Å²) in [5.41, 5.74) is 1.06. The summed E-state index contributed by atoms with van der Waals surface area (Å²) in [4.78, 5) is 11.4. The molecule has 0 radical (unpaired) electrons. The lowest BCUT2D eigenvalue weighted by Gasteiger charge is -2.07. The Hall–Kier alpha value is -1.61. The molecule has 0 aliphatic carbocycles. The number of epoxide rings is 1. The van der Waals surface area contributed by atoms with Gasteiger partial charge in [-0.3, -0.25) is 0 Å². The molecule has 3 nitrogen and oxygen atoms in total. The van der Waals surface area contributed by atoms with Crippen LogP contribution in [0.3, 0.4) is 0 Å². The van der Waals surface area contributed by atoms with Gasteiger partial charge in [0.05, 0.1) is 12.2 Å². The number of rotatable bonds is 15.